The van der Waals surface area contributed by atoms with Crippen molar-refractivity contribution in [1.29, 1.82) is 5.26 Å². The fourth-order valence-electron chi connectivity index (χ4n) is 7.61. The van der Waals surface area contributed by atoms with Crippen LogP contribution >= 0.6 is 23.2 Å². The third-order valence-electron chi connectivity index (χ3n) is 9.51. The highest BCUT2D eigenvalue weighted by molar-refractivity contribution is 6.31. The highest BCUT2D eigenvalue weighted by atomic mass is 35.5. The van der Waals surface area contributed by atoms with Gasteiger partial charge in [0.15, 0.2) is 0 Å². The zero-order valence-electron chi connectivity index (χ0n) is 27.8. The predicted octanol–water partition coefficient (Wildman–Crippen LogP) is 8.66. The van der Waals surface area contributed by atoms with E-state index in [1.807, 2.05) is 32.6 Å². The number of benzene rings is 3. The lowest BCUT2D eigenvalue weighted by atomic mass is 9.62. The lowest BCUT2D eigenvalue weighted by Gasteiger charge is -2.42. The number of carbonyl (C=O) groups excluding carboxylic acids is 2. The molecule has 48 heavy (non-hydrogen) atoms. The van der Waals surface area contributed by atoms with Crippen molar-refractivity contribution in [2.75, 3.05) is 19.1 Å². The molecule has 2 aliphatic heterocycles. The number of nitrogens with zero attached hydrogens (tertiary/aromatic N) is 3. The Bertz CT molecular complexity index is 1770. The number of nitriles is 1. The van der Waals surface area contributed by atoms with Gasteiger partial charge in [0.25, 0.3) is 0 Å². The first-order chi connectivity index (χ1) is 22.7. The molecule has 0 aromatic heterocycles. The molecule has 5 atom stereocenters. The molecule has 3 aromatic carbocycles. The first kappa shape index (κ1) is 35.6. The minimum atomic E-state index is -1.73. The number of ether oxygens (including phenoxy) is 2. The molecule has 5 rings (SSSR count). The summed E-state index contributed by atoms with van der Waals surface area (Å²) in [5, 5.41) is 11.3. The van der Waals surface area contributed by atoms with Crippen LogP contribution in [-0.2, 0) is 14.9 Å². The van der Waals surface area contributed by atoms with E-state index in [1.165, 1.54) is 44.6 Å². The van der Waals surface area contributed by atoms with Gasteiger partial charge in [-0.3, -0.25) is 14.6 Å². The molecule has 7 nitrogen and oxygen atoms in total. The highest BCUT2D eigenvalue weighted by Gasteiger charge is 2.69. The van der Waals surface area contributed by atoms with E-state index < -0.39 is 58.5 Å². The van der Waals surface area contributed by atoms with Crippen LogP contribution in [0.15, 0.2) is 54.6 Å². The van der Waals surface area contributed by atoms with Crippen LogP contribution in [0.5, 0.6) is 5.75 Å². The van der Waals surface area contributed by atoms with Crippen molar-refractivity contribution in [2.45, 2.75) is 83.0 Å². The molecule has 2 fully saturated rings. The zero-order chi connectivity index (χ0) is 35.1. The molecule has 1 amide bonds. The molecule has 0 spiro atoms. The first-order valence-electron chi connectivity index (χ1n) is 15.9. The van der Waals surface area contributed by atoms with Crippen LogP contribution in [-0.4, -0.2) is 49.2 Å². The van der Waals surface area contributed by atoms with E-state index in [0.717, 1.165) is 18.9 Å². The molecule has 0 N–H and O–H groups in total. The maximum absolute atomic E-state index is 16.3. The molecule has 254 valence electrons. The van der Waals surface area contributed by atoms with Crippen LogP contribution in [0.25, 0.3) is 0 Å². The Balaban J connectivity index is 1.84. The first-order valence-corrected chi connectivity index (χ1v) is 16.7. The van der Waals surface area contributed by atoms with Crippen LogP contribution in [0.2, 0.25) is 10.0 Å². The lowest BCUT2D eigenvalue weighted by Crippen LogP contribution is -2.52. The van der Waals surface area contributed by atoms with E-state index >= 15 is 13.6 Å². The number of halogens is 4. The Kier molecular flexibility index (Phi) is 10.1. The highest BCUT2D eigenvalue weighted by Crippen LogP contribution is 2.60. The normalized spacial score (nSPS) is 24.0. The van der Waals surface area contributed by atoms with Crippen molar-refractivity contribution < 1.29 is 27.8 Å². The van der Waals surface area contributed by atoms with Gasteiger partial charge in [0.05, 0.1) is 31.5 Å². The summed E-state index contributed by atoms with van der Waals surface area (Å²) in [6.45, 7) is 8.09. The molecule has 0 radical (unpaired) electrons. The number of fused-ring (bicyclic) bond motifs is 1. The summed E-state index contributed by atoms with van der Waals surface area (Å²) in [4.78, 5) is 31.2. The van der Waals surface area contributed by atoms with Gasteiger partial charge in [-0.05, 0) is 54.2 Å². The minimum absolute atomic E-state index is 0.0418. The maximum Gasteiger partial charge on any atom is 0.341 e. The third kappa shape index (κ3) is 5.93. The number of amides is 1. The Labute approximate surface area is 290 Å². The Morgan fingerprint density at radius 1 is 1.08 bits per heavy atom. The Morgan fingerprint density at radius 2 is 1.81 bits per heavy atom. The van der Waals surface area contributed by atoms with Gasteiger partial charge in [-0.25, -0.2) is 13.6 Å². The topological polar surface area (TPSA) is 82.9 Å². The van der Waals surface area contributed by atoms with Gasteiger partial charge >= 0.3 is 5.97 Å². The van der Waals surface area contributed by atoms with Crippen molar-refractivity contribution in [3.63, 3.8) is 0 Å². The van der Waals surface area contributed by atoms with Gasteiger partial charge < -0.3 is 9.47 Å². The number of hydrogen-bond acceptors (Lipinski definition) is 6. The van der Waals surface area contributed by atoms with E-state index in [9.17, 15) is 10.1 Å². The van der Waals surface area contributed by atoms with Gasteiger partial charge in [0.1, 0.15) is 34.4 Å². The molecule has 11 heteroatoms. The van der Waals surface area contributed by atoms with E-state index in [-0.39, 0.29) is 32.5 Å². The predicted molar refractivity (Wildman–Crippen MR) is 181 cm³/mol. The number of rotatable bonds is 9. The molecular formula is C37H39Cl2F2N3O4. The maximum atomic E-state index is 16.3. The molecule has 0 saturated carbocycles. The lowest BCUT2D eigenvalue weighted by molar-refractivity contribution is -0.119. The summed E-state index contributed by atoms with van der Waals surface area (Å²) in [5.74, 6) is -3.42. The second kappa shape index (κ2) is 13.7. The molecule has 2 saturated heterocycles. The van der Waals surface area contributed by atoms with Gasteiger partial charge in [-0.1, -0.05) is 81.9 Å². The third-order valence-corrected chi connectivity index (χ3v) is 10.0. The summed E-state index contributed by atoms with van der Waals surface area (Å²) < 4.78 is 42.9. The molecule has 3 aromatic rings. The second-order valence-corrected chi connectivity index (χ2v) is 14.4. The van der Waals surface area contributed by atoms with Gasteiger partial charge in [0, 0.05) is 34.3 Å². The van der Waals surface area contributed by atoms with Crippen LogP contribution < -0.4 is 9.64 Å². The van der Waals surface area contributed by atoms with Crippen molar-refractivity contribution >= 4 is 40.8 Å². The summed E-state index contributed by atoms with van der Waals surface area (Å²) in [6, 6.07) is 14.1. The van der Waals surface area contributed by atoms with Crippen LogP contribution in [0.1, 0.15) is 80.8 Å². The molecule has 0 unspecified atom stereocenters. The Hall–Kier alpha value is -3.71. The van der Waals surface area contributed by atoms with Crippen molar-refractivity contribution in [3.05, 3.63) is 93.0 Å². The van der Waals surface area contributed by atoms with Gasteiger partial charge in [-0.15, -0.1) is 0 Å². The molecule has 2 heterocycles. The number of unbranched alkanes of at least 4 members (excludes halogenated alkanes) is 1. The fraction of sp³-hybridized carbons (Fsp3) is 0.432. The standard InChI is InChI=1S/C37H39Cl2F2N3O4/c1-7-8-12-30-43(22-14-15-23(35(46)48-6)28(18-22)47-5)34(45)33-31(24-10-9-11-26(39)32(24)41)37(20-42,25-16-13-21(38)17-27(25)40)29(44(30)33)19-36(2,3)4/h9-11,13-18,29-31,33H,7-8,12,19H2,1-6H3/t29-,30+,31-,33+,37-/m0/s1. The summed E-state index contributed by atoms with van der Waals surface area (Å²) in [6.07, 6.45) is 1.82. The van der Waals surface area contributed by atoms with Crippen molar-refractivity contribution in [1.82, 2.24) is 4.90 Å². The summed E-state index contributed by atoms with van der Waals surface area (Å²) in [5.41, 5.74) is -1.39. The SMILES string of the molecule is CCCC[C@@H]1N(c2ccc(C(=O)OC)c(OC)c2)C(=O)[C@H]2[C@H](c3cccc(Cl)c3F)[C@@](C#N)(c3ccc(Cl)cc3F)[C@H](CC(C)(C)C)N12. The number of esters is 1. The molecule has 0 bridgehead atoms. The van der Waals surface area contributed by atoms with E-state index in [1.54, 1.807) is 23.1 Å². The summed E-state index contributed by atoms with van der Waals surface area (Å²) >= 11 is 12.5. The largest absolute Gasteiger partial charge is 0.496 e. The van der Waals surface area contributed by atoms with E-state index in [2.05, 4.69) is 6.07 Å². The van der Waals surface area contributed by atoms with Crippen LogP contribution in [0.3, 0.4) is 0 Å². The van der Waals surface area contributed by atoms with E-state index in [0.29, 0.717) is 18.5 Å². The monoisotopic (exact) mass is 697 g/mol. The number of carbonyl (C=O) groups is 2. The molecule has 2 aliphatic rings. The summed E-state index contributed by atoms with van der Waals surface area (Å²) in [7, 11) is 2.69. The van der Waals surface area contributed by atoms with Crippen LogP contribution in [0, 0.1) is 28.4 Å². The van der Waals surface area contributed by atoms with Crippen molar-refractivity contribution in [3.8, 4) is 11.8 Å². The number of anilines is 1. The average Bonchev–Trinajstić information content (AvgIpc) is 3.48. The average molecular weight is 699 g/mol. The minimum Gasteiger partial charge on any atom is -0.496 e. The molecule has 0 aliphatic carbocycles. The van der Waals surface area contributed by atoms with Crippen LogP contribution in [0.4, 0.5) is 14.5 Å². The number of hydrogen-bond donors (Lipinski definition) is 0. The van der Waals surface area contributed by atoms with Gasteiger partial charge in [0.2, 0.25) is 5.91 Å². The smallest absolute Gasteiger partial charge is 0.341 e. The second-order valence-electron chi connectivity index (χ2n) is 13.6. The van der Waals surface area contributed by atoms with Crippen molar-refractivity contribution in [2.24, 2.45) is 5.41 Å². The Morgan fingerprint density at radius 3 is 2.42 bits per heavy atom. The van der Waals surface area contributed by atoms with Gasteiger partial charge in [-0.2, -0.15) is 5.26 Å². The molecular weight excluding hydrogens is 659 g/mol. The zero-order valence-corrected chi connectivity index (χ0v) is 29.3. The quantitative estimate of drug-likeness (QED) is 0.208. The van der Waals surface area contributed by atoms with E-state index in [4.69, 9.17) is 32.7 Å². The fourth-order valence-corrected chi connectivity index (χ4v) is 7.96. The number of methoxy groups -OCH3 is 2.